The van der Waals surface area contributed by atoms with E-state index in [4.69, 9.17) is 23.2 Å². The number of hydrogen-bond acceptors (Lipinski definition) is 6. The molecule has 2 rings (SSSR count). The fraction of sp³-hybridized carbons (Fsp3) is 0.188. The number of nitrogens with one attached hydrogen (secondary N) is 1. The second-order valence-corrected chi connectivity index (χ2v) is 8.61. The third-order valence-corrected chi connectivity index (χ3v) is 5.89. The molecule has 0 spiro atoms. The number of carbonyl (C=O) groups is 1. The molecule has 0 aliphatic heterocycles. The molecule has 0 unspecified atom stereocenters. The van der Waals surface area contributed by atoms with Crippen molar-refractivity contribution in [3.8, 4) is 0 Å². The fourth-order valence-corrected chi connectivity index (χ4v) is 3.64. The first kappa shape index (κ1) is 23.7. The number of para-hydroxylation sites is 1. The summed E-state index contributed by atoms with van der Waals surface area (Å²) in [6.07, 6.45) is 0. The first-order valence-corrected chi connectivity index (χ1v) is 10.0. The molecule has 0 saturated heterocycles. The third kappa shape index (κ3) is 4.94. The van der Waals surface area contributed by atoms with Crippen LogP contribution in [0.25, 0.3) is 0 Å². The van der Waals surface area contributed by atoms with E-state index in [2.05, 4.69) is 5.32 Å². The number of nitro benzene ring substituents is 1. The number of sulfone groups is 1. The standard InChI is InChI=1S/C16H12Cl2F3N3O5S/c1-23(8-14(25)22-15-10(17)3-2-4-11(15)18)12-6-5-9(7-13(12)24(26)27)30(28,29)16(19,20)21/h2-7H,8H2,1H3,(H,22,25). The number of rotatable bonds is 6. The second kappa shape index (κ2) is 8.66. The van der Waals surface area contributed by atoms with Gasteiger partial charge in [0.25, 0.3) is 15.5 Å². The van der Waals surface area contributed by atoms with E-state index in [1.807, 2.05) is 0 Å². The van der Waals surface area contributed by atoms with Crippen LogP contribution in [0, 0.1) is 10.1 Å². The zero-order chi connectivity index (χ0) is 22.9. The Bertz CT molecular complexity index is 1090. The Kier molecular flexibility index (Phi) is 6.84. The van der Waals surface area contributed by atoms with Crippen molar-refractivity contribution >= 4 is 56.0 Å². The average Bonchev–Trinajstić information content (AvgIpc) is 2.63. The van der Waals surface area contributed by atoms with Crippen molar-refractivity contribution in [3.63, 3.8) is 0 Å². The lowest BCUT2D eigenvalue weighted by atomic mass is 10.2. The van der Waals surface area contributed by atoms with Crippen molar-refractivity contribution in [3.05, 3.63) is 56.6 Å². The summed E-state index contributed by atoms with van der Waals surface area (Å²) in [6, 6.07) is 6.16. The molecule has 1 amide bonds. The zero-order valence-corrected chi connectivity index (χ0v) is 17.2. The summed E-state index contributed by atoms with van der Waals surface area (Å²) in [5.74, 6) is -0.686. The molecule has 1 N–H and O–H groups in total. The normalized spacial score (nSPS) is 11.8. The molecular weight excluding hydrogens is 474 g/mol. The van der Waals surface area contributed by atoms with Gasteiger partial charge in [-0.1, -0.05) is 29.3 Å². The van der Waals surface area contributed by atoms with Gasteiger partial charge in [0.05, 0.1) is 32.1 Å². The lowest BCUT2D eigenvalue weighted by Crippen LogP contribution is -2.31. The zero-order valence-electron chi connectivity index (χ0n) is 14.9. The van der Waals surface area contributed by atoms with E-state index >= 15 is 0 Å². The molecule has 14 heteroatoms. The molecule has 30 heavy (non-hydrogen) atoms. The summed E-state index contributed by atoms with van der Waals surface area (Å²) >= 11 is 11.9. The van der Waals surface area contributed by atoms with Crippen LogP contribution in [0.5, 0.6) is 0 Å². The van der Waals surface area contributed by atoms with E-state index in [9.17, 15) is 36.5 Å². The summed E-state index contributed by atoms with van der Waals surface area (Å²) < 4.78 is 61.1. The summed E-state index contributed by atoms with van der Waals surface area (Å²) in [5, 5.41) is 14.0. The first-order chi connectivity index (χ1) is 13.8. The average molecular weight is 486 g/mol. The topological polar surface area (TPSA) is 110 Å². The quantitative estimate of drug-likeness (QED) is 0.483. The predicted molar refractivity (Wildman–Crippen MR) is 105 cm³/mol. The van der Waals surface area contributed by atoms with Gasteiger partial charge in [0.1, 0.15) is 5.69 Å². The number of alkyl halides is 3. The maximum Gasteiger partial charge on any atom is 0.501 e. The van der Waals surface area contributed by atoms with E-state index in [-0.39, 0.29) is 27.5 Å². The van der Waals surface area contributed by atoms with Crippen LogP contribution in [-0.4, -0.2) is 38.3 Å². The van der Waals surface area contributed by atoms with Gasteiger partial charge in [-0.3, -0.25) is 14.9 Å². The number of nitrogens with zero attached hydrogens (tertiary/aromatic N) is 2. The van der Waals surface area contributed by atoms with Crippen LogP contribution in [0.4, 0.5) is 30.2 Å². The van der Waals surface area contributed by atoms with Crippen molar-refractivity contribution in [2.24, 2.45) is 0 Å². The van der Waals surface area contributed by atoms with E-state index in [1.54, 1.807) is 6.07 Å². The van der Waals surface area contributed by atoms with Gasteiger partial charge in [-0.15, -0.1) is 0 Å². The Labute approximate surface area is 178 Å². The largest absolute Gasteiger partial charge is 0.501 e. The van der Waals surface area contributed by atoms with Gasteiger partial charge in [0.15, 0.2) is 0 Å². The monoisotopic (exact) mass is 485 g/mol. The Morgan fingerprint density at radius 1 is 1.20 bits per heavy atom. The van der Waals surface area contributed by atoms with Gasteiger partial charge in [-0.25, -0.2) is 8.42 Å². The minimum Gasteiger partial charge on any atom is -0.360 e. The number of halogens is 5. The smallest absolute Gasteiger partial charge is 0.360 e. The molecule has 0 heterocycles. The molecular formula is C16H12Cl2F3N3O5S. The van der Waals surface area contributed by atoms with Gasteiger partial charge >= 0.3 is 5.51 Å². The number of anilines is 2. The molecule has 2 aromatic rings. The second-order valence-electron chi connectivity index (χ2n) is 5.86. The Balaban J connectivity index is 2.32. The van der Waals surface area contributed by atoms with Crippen molar-refractivity contribution in [2.45, 2.75) is 10.4 Å². The highest BCUT2D eigenvalue weighted by Gasteiger charge is 2.47. The van der Waals surface area contributed by atoms with E-state index in [0.29, 0.717) is 6.07 Å². The molecule has 0 aliphatic carbocycles. The predicted octanol–water partition coefficient (Wildman–Crippen LogP) is 4.27. The Morgan fingerprint density at radius 2 is 1.77 bits per heavy atom. The van der Waals surface area contributed by atoms with E-state index in [1.165, 1.54) is 19.2 Å². The van der Waals surface area contributed by atoms with E-state index in [0.717, 1.165) is 11.0 Å². The lowest BCUT2D eigenvalue weighted by molar-refractivity contribution is -0.384. The molecule has 0 bridgehead atoms. The highest BCUT2D eigenvalue weighted by molar-refractivity contribution is 7.92. The van der Waals surface area contributed by atoms with Gasteiger partial charge in [0.2, 0.25) is 5.91 Å². The van der Waals surface area contributed by atoms with Crippen LogP contribution in [0.2, 0.25) is 10.0 Å². The van der Waals surface area contributed by atoms with Gasteiger partial charge < -0.3 is 10.2 Å². The molecule has 2 aromatic carbocycles. The van der Waals surface area contributed by atoms with Crippen LogP contribution >= 0.6 is 23.2 Å². The Hall–Kier alpha value is -2.57. The van der Waals surface area contributed by atoms with Crippen molar-refractivity contribution in [2.75, 3.05) is 23.8 Å². The highest BCUT2D eigenvalue weighted by Crippen LogP contribution is 2.36. The molecule has 0 atom stereocenters. The van der Waals surface area contributed by atoms with Gasteiger partial charge in [-0.05, 0) is 24.3 Å². The maximum absolute atomic E-state index is 12.7. The minimum absolute atomic E-state index is 0.111. The van der Waals surface area contributed by atoms with Crippen LogP contribution in [0.15, 0.2) is 41.3 Å². The molecule has 0 fully saturated rings. The first-order valence-electron chi connectivity index (χ1n) is 7.80. The molecule has 0 saturated carbocycles. The Morgan fingerprint density at radius 3 is 2.27 bits per heavy atom. The number of benzene rings is 2. The number of hydrogen-bond donors (Lipinski definition) is 1. The summed E-state index contributed by atoms with van der Waals surface area (Å²) in [7, 11) is -4.52. The molecule has 162 valence electrons. The maximum atomic E-state index is 12.7. The van der Waals surface area contributed by atoms with E-state index < -0.39 is 43.3 Å². The van der Waals surface area contributed by atoms with Crippen molar-refractivity contribution in [1.82, 2.24) is 0 Å². The SMILES string of the molecule is CN(CC(=O)Nc1c(Cl)cccc1Cl)c1ccc(S(=O)(=O)C(F)(F)F)cc1[N+](=O)[O-]. The molecule has 8 nitrogen and oxygen atoms in total. The minimum atomic E-state index is -5.78. The lowest BCUT2D eigenvalue weighted by Gasteiger charge is -2.20. The summed E-state index contributed by atoms with van der Waals surface area (Å²) in [5.41, 5.74) is -6.71. The summed E-state index contributed by atoms with van der Waals surface area (Å²) in [6.45, 7) is -0.478. The fourth-order valence-electron chi connectivity index (χ4n) is 2.37. The van der Waals surface area contributed by atoms with Crippen LogP contribution < -0.4 is 10.2 Å². The van der Waals surface area contributed by atoms with Crippen LogP contribution in [0.1, 0.15) is 0 Å². The van der Waals surface area contributed by atoms with Crippen LogP contribution in [-0.2, 0) is 14.6 Å². The van der Waals surface area contributed by atoms with Crippen LogP contribution in [0.3, 0.4) is 0 Å². The molecule has 0 radical (unpaired) electrons. The molecule has 0 aliphatic rings. The van der Waals surface area contributed by atoms with Gasteiger partial charge in [-0.2, -0.15) is 13.2 Å². The summed E-state index contributed by atoms with van der Waals surface area (Å²) in [4.78, 5) is 22.3. The van der Waals surface area contributed by atoms with Crippen molar-refractivity contribution in [1.29, 1.82) is 0 Å². The number of amides is 1. The van der Waals surface area contributed by atoms with Crippen molar-refractivity contribution < 1.29 is 31.3 Å². The number of nitro groups is 1. The third-order valence-electron chi connectivity index (χ3n) is 3.78. The van der Waals surface area contributed by atoms with Gasteiger partial charge in [0, 0.05) is 13.1 Å². The number of carbonyl (C=O) groups excluding carboxylic acids is 1. The molecule has 0 aromatic heterocycles. The highest BCUT2D eigenvalue weighted by atomic mass is 35.5. The number of likely N-dealkylation sites (N-methyl/N-ethyl adjacent to an activating group) is 1.